The Balaban J connectivity index is 0.000000180. The van der Waals surface area contributed by atoms with Gasteiger partial charge in [-0.2, -0.15) is 0 Å². The van der Waals surface area contributed by atoms with Crippen molar-refractivity contribution in [3.05, 3.63) is 0 Å². The van der Waals surface area contributed by atoms with Crippen molar-refractivity contribution in [3.63, 3.8) is 0 Å². The lowest BCUT2D eigenvalue weighted by Crippen LogP contribution is -2.87. The molecule has 1 aliphatic heterocycles. The second kappa shape index (κ2) is 6.51. The molecule has 1 heterocycles. The molecular formula is C6H13NO3. The summed E-state index contributed by atoms with van der Waals surface area (Å²) >= 11 is 0. The number of nitrogens with two attached hydrogens (primary N) is 1. The van der Waals surface area contributed by atoms with E-state index in [-0.39, 0.29) is 0 Å². The number of hydrogen-bond donors (Lipinski definition) is 1. The van der Waals surface area contributed by atoms with Crippen molar-refractivity contribution in [1.29, 1.82) is 0 Å². The molecule has 60 valence electrons. The second-order valence-corrected chi connectivity index (χ2v) is 1.97. The van der Waals surface area contributed by atoms with Crippen molar-refractivity contribution in [2.45, 2.75) is 6.92 Å². The topological polar surface area (TPSA) is 66.0 Å². The predicted octanol–water partition coefficient (Wildman–Crippen LogP) is -2.66. The van der Waals surface area contributed by atoms with Crippen LogP contribution in [0.3, 0.4) is 0 Å². The van der Waals surface area contributed by atoms with Gasteiger partial charge in [0.25, 0.3) is 0 Å². The summed E-state index contributed by atoms with van der Waals surface area (Å²) in [5.74, 6) is -1.08. The Kier molecular flexibility index (Phi) is 6.11. The normalized spacial score (nSPS) is 16.9. The third-order valence-electron chi connectivity index (χ3n) is 0.933. The number of carboxylic acids is 1. The molecule has 4 heteroatoms. The zero-order valence-electron chi connectivity index (χ0n) is 6.13. The van der Waals surface area contributed by atoms with Gasteiger partial charge in [0.2, 0.25) is 0 Å². The molecule has 1 saturated heterocycles. The highest BCUT2D eigenvalue weighted by molar-refractivity contribution is 5.60. The van der Waals surface area contributed by atoms with Gasteiger partial charge in [-0.15, -0.1) is 0 Å². The fourth-order valence-electron chi connectivity index (χ4n) is 0.580. The second-order valence-electron chi connectivity index (χ2n) is 1.97. The molecule has 0 atom stereocenters. The summed E-state index contributed by atoms with van der Waals surface area (Å²) in [5, 5.41) is 11.2. The van der Waals surface area contributed by atoms with E-state index in [9.17, 15) is 0 Å². The highest BCUT2D eigenvalue weighted by Crippen LogP contribution is 1.69. The average Bonchev–Trinajstić information content (AvgIpc) is 1.90. The van der Waals surface area contributed by atoms with Crippen molar-refractivity contribution in [1.82, 2.24) is 0 Å². The highest BCUT2D eigenvalue weighted by Gasteiger charge is 1.96. The molecule has 0 amide bonds. The van der Waals surface area contributed by atoms with E-state index in [4.69, 9.17) is 14.6 Å². The van der Waals surface area contributed by atoms with Gasteiger partial charge in [-0.25, -0.2) is 0 Å². The molecule has 0 spiro atoms. The molecule has 10 heavy (non-hydrogen) atoms. The van der Waals surface area contributed by atoms with E-state index in [1.165, 1.54) is 0 Å². The van der Waals surface area contributed by atoms with E-state index in [1.807, 2.05) is 0 Å². The number of hydrogen-bond acceptors (Lipinski definition) is 3. The molecule has 1 rings (SSSR count). The number of carbonyl (C=O) groups is 1. The van der Waals surface area contributed by atoms with Crippen molar-refractivity contribution < 1.29 is 20.0 Å². The summed E-state index contributed by atoms with van der Waals surface area (Å²) in [6.07, 6.45) is 0. The summed E-state index contributed by atoms with van der Waals surface area (Å²) in [7, 11) is 0. The number of rotatable bonds is 0. The van der Waals surface area contributed by atoms with Crippen molar-refractivity contribution in [3.8, 4) is 0 Å². The van der Waals surface area contributed by atoms with E-state index < -0.39 is 5.97 Å². The fraction of sp³-hybridized carbons (Fsp3) is 0.833. The van der Waals surface area contributed by atoms with Gasteiger partial charge in [-0.1, -0.05) is 0 Å². The van der Waals surface area contributed by atoms with E-state index in [0.29, 0.717) is 0 Å². The minimum absolute atomic E-state index is 0.944. The quantitative estimate of drug-likeness (QED) is 0.406. The Hall–Kier alpha value is -0.610. The monoisotopic (exact) mass is 147 g/mol. The van der Waals surface area contributed by atoms with Crippen LogP contribution >= 0.6 is 0 Å². The Morgan fingerprint density at radius 3 is 2.00 bits per heavy atom. The Bertz CT molecular complexity index is 75.5. The molecule has 0 aliphatic carbocycles. The molecule has 0 bridgehead atoms. The van der Waals surface area contributed by atoms with Gasteiger partial charge in [0, 0.05) is 5.97 Å². The van der Waals surface area contributed by atoms with Crippen LogP contribution in [-0.4, -0.2) is 32.3 Å². The molecule has 1 fully saturated rings. The predicted molar refractivity (Wildman–Crippen MR) is 33.2 cm³/mol. The molecule has 0 radical (unpaired) electrons. The molecule has 0 aromatic carbocycles. The lowest BCUT2D eigenvalue weighted by molar-refractivity contribution is -0.670. The van der Waals surface area contributed by atoms with Gasteiger partial charge < -0.3 is 20.0 Å². The van der Waals surface area contributed by atoms with Crippen LogP contribution < -0.4 is 10.4 Å². The molecule has 0 saturated carbocycles. The Morgan fingerprint density at radius 1 is 1.50 bits per heavy atom. The van der Waals surface area contributed by atoms with E-state index in [1.54, 1.807) is 0 Å². The number of ether oxygens (including phenoxy) is 1. The van der Waals surface area contributed by atoms with Crippen LogP contribution in [0.2, 0.25) is 0 Å². The number of morpholine rings is 1. The lowest BCUT2D eigenvalue weighted by Gasteiger charge is -2.07. The minimum Gasteiger partial charge on any atom is -0.550 e. The largest absolute Gasteiger partial charge is 0.550 e. The molecule has 0 aromatic rings. The third-order valence-corrected chi connectivity index (χ3v) is 0.933. The zero-order valence-corrected chi connectivity index (χ0v) is 6.13. The van der Waals surface area contributed by atoms with Gasteiger partial charge in [-0.05, 0) is 6.92 Å². The van der Waals surface area contributed by atoms with Crippen LogP contribution in [0.1, 0.15) is 6.92 Å². The maximum atomic E-state index is 8.89. The third kappa shape index (κ3) is 10.4. The number of aliphatic carboxylic acids is 1. The average molecular weight is 147 g/mol. The first kappa shape index (κ1) is 9.39. The molecule has 4 nitrogen and oxygen atoms in total. The maximum Gasteiger partial charge on any atom is 0.0993 e. The number of carboxylic acid groups (broad SMARTS) is 1. The molecule has 0 aromatic heterocycles. The summed E-state index contributed by atoms with van der Waals surface area (Å²) in [5.41, 5.74) is 0. The van der Waals surface area contributed by atoms with E-state index in [0.717, 1.165) is 33.2 Å². The van der Waals surface area contributed by atoms with E-state index in [2.05, 4.69) is 5.32 Å². The highest BCUT2D eigenvalue weighted by atomic mass is 16.5. The molecule has 1 aliphatic rings. The summed E-state index contributed by atoms with van der Waals surface area (Å²) in [4.78, 5) is 8.89. The Morgan fingerprint density at radius 2 is 1.90 bits per heavy atom. The van der Waals surface area contributed by atoms with Crippen LogP contribution in [0.25, 0.3) is 0 Å². The van der Waals surface area contributed by atoms with Gasteiger partial charge in [0.05, 0.1) is 26.3 Å². The van der Waals surface area contributed by atoms with Gasteiger partial charge in [0.15, 0.2) is 0 Å². The SMILES string of the molecule is C1COCC[NH2+]1.CC(=O)[O-]. The van der Waals surface area contributed by atoms with Gasteiger partial charge >= 0.3 is 0 Å². The standard InChI is InChI=1S/C4H9NO.C2H4O2/c1-3-6-4-2-5-1;1-2(3)4/h5H,1-4H2;1H3,(H,3,4). The summed E-state index contributed by atoms with van der Waals surface area (Å²) in [6.45, 7) is 5.17. The minimum atomic E-state index is -1.08. The number of carbonyl (C=O) groups excluding carboxylic acids is 1. The fourth-order valence-corrected chi connectivity index (χ4v) is 0.580. The van der Waals surface area contributed by atoms with Crippen LogP contribution in [-0.2, 0) is 9.53 Å². The maximum absolute atomic E-state index is 8.89. The molecular weight excluding hydrogens is 134 g/mol. The van der Waals surface area contributed by atoms with Gasteiger partial charge in [0.1, 0.15) is 0 Å². The van der Waals surface area contributed by atoms with Crippen LogP contribution in [0.15, 0.2) is 0 Å². The van der Waals surface area contributed by atoms with E-state index >= 15 is 0 Å². The summed E-state index contributed by atoms with van der Waals surface area (Å²) in [6, 6.07) is 0. The zero-order chi connectivity index (χ0) is 7.82. The van der Waals surface area contributed by atoms with Crippen molar-refractivity contribution >= 4 is 5.97 Å². The number of quaternary nitrogens is 1. The smallest absolute Gasteiger partial charge is 0.0993 e. The first-order valence-electron chi connectivity index (χ1n) is 3.30. The van der Waals surface area contributed by atoms with Crippen molar-refractivity contribution in [2.75, 3.05) is 26.3 Å². The van der Waals surface area contributed by atoms with Crippen LogP contribution in [0.5, 0.6) is 0 Å². The van der Waals surface area contributed by atoms with Crippen LogP contribution in [0.4, 0.5) is 0 Å². The van der Waals surface area contributed by atoms with Crippen LogP contribution in [0, 0.1) is 0 Å². The summed E-state index contributed by atoms with van der Waals surface area (Å²) < 4.78 is 5.04. The Labute approximate surface area is 60.2 Å². The molecule has 2 N–H and O–H groups in total. The van der Waals surface area contributed by atoms with Crippen molar-refractivity contribution in [2.24, 2.45) is 0 Å². The molecule has 0 unspecified atom stereocenters. The lowest BCUT2D eigenvalue weighted by atomic mass is 10.5. The first-order chi connectivity index (χ1) is 4.73. The van der Waals surface area contributed by atoms with Gasteiger partial charge in [-0.3, -0.25) is 0 Å². The first-order valence-corrected chi connectivity index (χ1v) is 3.30.